The molecule has 1 heterocycles. The Balaban J connectivity index is 0.000000509. The van der Waals surface area contributed by atoms with E-state index in [-0.39, 0.29) is 0 Å². The first-order valence-electron chi connectivity index (χ1n) is 5.89. The molecule has 0 aliphatic rings. The fourth-order valence-corrected chi connectivity index (χ4v) is 1.39. The number of nitrogens with two attached hydrogens (primary N) is 1. The van der Waals surface area contributed by atoms with E-state index < -0.39 is 0 Å². The molecule has 0 aliphatic carbocycles. The summed E-state index contributed by atoms with van der Waals surface area (Å²) in [5, 5.41) is 2.22. The minimum atomic E-state index is 0.608. The molecular weight excluding hydrogens is 196 g/mol. The van der Waals surface area contributed by atoms with E-state index in [1.807, 2.05) is 45.9 Å². The zero-order chi connectivity index (χ0) is 12.6. The third kappa shape index (κ3) is 3.23. The van der Waals surface area contributed by atoms with Crippen LogP contribution in [0.15, 0.2) is 30.5 Å². The number of anilines is 1. The zero-order valence-corrected chi connectivity index (χ0v) is 10.9. The number of aromatic nitrogens is 1. The van der Waals surface area contributed by atoms with Crippen LogP contribution in [0, 0.1) is 6.92 Å². The molecule has 2 nitrogen and oxygen atoms in total. The van der Waals surface area contributed by atoms with Crippen molar-refractivity contribution in [2.45, 2.75) is 34.6 Å². The second-order valence-electron chi connectivity index (χ2n) is 2.87. The molecule has 0 amide bonds. The van der Waals surface area contributed by atoms with E-state index >= 15 is 0 Å². The molecule has 0 radical (unpaired) electrons. The van der Waals surface area contributed by atoms with E-state index in [2.05, 4.69) is 18.0 Å². The van der Waals surface area contributed by atoms with Crippen molar-refractivity contribution in [3.8, 4) is 0 Å². The Hall–Kier alpha value is -1.57. The van der Waals surface area contributed by atoms with Crippen molar-refractivity contribution in [3.63, 3.8) is 0 Å². The number of benzene rings is 1. The van der Waals surface area contributed by atoms with E-state index in [9.17, 15) is 0 Å². The maximum Gasteiger partial charge on any atom is 0.131 e. The standard InChI is InChI=1S/C10H10N2.2C2H6/c1-7-3-2-4-9-8(7)5-6-12-10(9)11;2*1-2/h2-6H,1H3,(H2,11,12);2*1-2H3. The van der Waals surface area contributed by atoms with Gasteiger partial charge in [-0.25, -0.2) is 4.98 Å². The number of aryl methyl sites for hydroxylation is 1. The van der Waals surface area contributed by atoms with Crippen LogP contribution in [0.3, 0.4) is 0 Å². The van der Waals surface area contributed by atoms with Gasteiger partial charge in [0.15, 0.2) is 0 Å². The van der Waals surface area contributed by atoms with Crippen LogP contribution >= 0.6 is 0 Å². The summed E-state index contributed by atoms with van der Waals surface area (Å²) < 4.78 is 0. The molecule has 1 aromatic carbocycles. The average molecular weight is 218 g/mol. The lowest BCUT2D eigenvalue weighted by molar-refractivity contribution is 1.36. The van der Waals surface area contributed by atoms with Gasteiger partial charge in [-0.05, 0) is 23.9 Å². The summed E-state index contributed by atoms with van der Waals surface area (Å²) in [4.78, 5) is 4.03. The summed E-state index contributed by atoms with van der Waals surface area (Å²) in [6.07, 6.45) is 1.74. The number of nitrogen functional groups attached to an aromatic ring is 1. The molecule has 1 aromatic heterocycles. The predicted octanol–water partition coefficient (Wildman–Crippen LogP) is 4.18. The molecule has 88 valence electrons. The van der Waals surface area contributed by atoms with Crippen molar-refractivity contribution in [2.75, 3.05) is 5.73 Å². The van der Waals surface area contributed by atoms with Crippen molar-refractivity contribution < 1.29 is 0 Å². The highest BCUT2D eigenvalue weighted by atomic mass is 14.8. The van der Waals surface area contributed by atoms with Gasteiger partial charge in [0.25, 0.3) is 0 Å². The largest absolute Gasteiger partial charge is 0.383 e. The first kappa shape index (κ1) is 14.4. The number of hydrogen-bond acceptors (Lipinski definition) is 2. The van der Waals surface area contributed by atoms with Crippen LogP contribution in [0.5, 0.6) is 0 Å². The molecule has 16 heavy (non-hydrogen) atoms. The summed E-state index contributed by atoms with van der Waals surface area (Å²) in [6.45, 7) is 10.1. The smallest absolute Gasteiger partial charge is 0.131 e. The van der Waals surface area contributed by atoms with E-state index in [1.54, 1.807) is 6.20 Å². The van der Waals surface area contributed by atoms with E-state index in [1.165, 1.54) is 10.9 Å². The molecule has 0 atom stereocenters. The topological polar surface area (TPSA) is 38.9 Å². The van der Waals surface area contributed by atoms with Gasteiger partial charge in [0.2, 0.25) is 0 Å². The molecule has 0 spiro atoms. The summed E-state index contributed by atoms with van der Waals surface area (Å²) in [6, 6.07) is 8.04. The predicted molar refractivity (Wildman–Crippen MR) is 73.6 cm³/mol. The maximum atomic E-state index is 5.71. The highest BCUT2D eigenvalue weighted by Crippen LogP contribution is 2.20. The third-order valence-corrected chi connectivity index (χ3v) is 2.05. The van der Waals surface area contributed by atoms with Gasteiger partial charge in [0.1, 0.15) is 5.82 Å². The molecule has 0 aliphatic heterocycles. The molecule has 2 rings (SSSR count). The summed E-state index contributed by atoms with van der Waals surface area (Å²) in [7, 11) is 0. The van der Waals surface area contributed by atoms with Gasteiger partial charge < -0.3 is 5.73 Å². The number of fused-ring (bicyclic) bond motifs is 1. The Morgan fingerprint density at radius 2 is 1.56 bits per heavy atom. The quantitative estimate of drug-likeness (QED) is 0.720. The lowest BCUT2D eigenvalue weighted by Crippen LogP contribution is -1.91. The van der Waals surface area contributed by atoms with Gasteiger partial charge in [0, 0.05) is 11.6 Å². The summed E-state index contributed by atoms with van der Waals surface area (Å²) in [5.74, 6) is 0.608. The van der Waals surface area contributed by atoms with E-state index in [0.717, 1.165) is 5.39 Å². The average Bonchev–Trinajstić information content (AvgIpc) is 2.36. The maximum absolute atomic E-state index is 5.71. The van der Waals surface area contributed by atoms with Gasteiger partial charge in [0.05, 0.1) is 0 Å². The van der Waals surface area contributed by atoms with Crippen molar-refractivity contribution in [2.24, 2.45) is 0 Å². The Kier molecular flexibility index (Phi) is 6.93. The molecule has 0 unspecified atom stereocenters. The molecule has 2 aromatic rings. The van der Waals surface area contributed by atoms with Gasteiger partial charge in [-0.15, -0.1) is 0 Å². The SMILES string of the molecule is CC.CC.Cc1cccc2c(N)nccc12. The number of hydrogen-bond donors (Lipinski definition) is 1. The lowest BCUT2D eigenvalue weighted by Gasteiger charge is -2.02. The Morgan fingerprint density at radius 1 is 0.938 bits per heavy atom. The number of nitrogens with zero attached hydrogens (tertiary/aromatic N) is 1. The van der Waals surface area contributed by atoms with Crippen LogP contribution in [-0.4, -0.2) is 4.98 Å². The Morgan fingerprint density at radius 3 is 2.12 bits per heavy atom. The van der Waals surface area contributed by atoms with Crippen molar-refractivity contribution in [3.05, 3.63) is 36.0 Å². The van der Waals surface area contributed by atoms with Crippen LogP contribution in [0.25, 0.3) is 10.8 Å². The van der Waals surface area contributed by atoms with Gasteiger partial charge in [-0.2, -0.15) is 0 Å². The summed E-state index contributed by atoms with van der Waals surface area (Å²) in [5.41, 5.74) is 6.95. The van der Waals surface area contributed by atoms with E-state index in [4.69, 9.17) is 5.73 Å². The summed E-state index contributed by atoms with van der Waals surface area (Å²) >= 11 is 0. The fourth-order valence-electron chi connectivity index (χ4n) is 1.39. The van der Waals surface area contributed by atoms with Crippen LogP contribution in [-0.2, 0) is 0 Å². The second kappa shape index (κ2) is 7.69. The first-order valence-corrected chi connectivity index (χ1v) is 5.89. The van der Waals surface area contributed by atoms with Crippen LogP contribution < -0.4 is 5.73 Å². The molecule has 2 heteroatoms. The van der Waals surface area contributed by atoms with Crippen LogP contribution in [0.2, 0.25) is 0 Å². The van der Waals surface area contributed by atoms with Crippen molar-refractivity contribution >= 4 is 16.6 Å². The molecule has 0 bridgehead atoms. The Labute approximate surface area is 98.5 Å². The monoisotopic (exact) mass is 218 g/mol. The van der Waals surface area contributed by atoms with Gasteiger partial charge in [-0.3, -0.25) is 0 Å². The minimum absolute atomic E-state index is 0.608. The Bertz CT molecular complexity index is 381. The van der Waals surface area contributed by atoms with Crippen LogP contribution in [0.4, 0.5) is 5.82 Å². The number of rotatable bonds is 0. The lowest BCUT2D eigenvalue weighted by atomic mass is 10.1. The second-order valence-corrected chi connectivity index (χ2v) is 2.87. The van der Waals surface area contributed by atoms with Crippen molar-refractivity contribution in [1.82, 2.24) is 4.98 Å². The highest BCUT2D eigenvalue weighted by molar-refractivity contribution is 5.92. The van der Waals surface area contributed by atoms with Gasteiger partial charge >= 0.3 is 0 Å². The van der Waals surface area contributed by atoms with E-state index in [0.29, 0.717) is 5.82 Å². The van der Waals surface area contributed by atoms with Crippen LogP contribution in [0.1, 0.15) is 33.3 Å². The normalized spacial score (nSPS) is 8.56. The minimum Gasteiger partial charge on any atom is -0.383 e. The molecular formula is C14H22N2. The molecule has 2 N–H and O–H groups in total. The van der Waals surface area contributed by atoms with Crippen molar-refractivity contribution in [1.29, 1.82) is 0 Å². The number of pyridine rings is 1. The van der Waals surface area contributed by atoms with Gasteiger partial charge in [-0.1, -0.05) is 45.9 Å². The third-order valence-electron chi connectivity index (χ3n) is 2.05. The first-order chi connectivity index (χ1) is 7.79. The molecule has 0 saturated carbocycles. The highest BCUT2D eigenvalue weighted by Gasteiger charge is 1.98. The molecule has 0 fully saturated rings. The molecule has 0 saturated heterocycles. The zero-order valence-electron chi connectivity index (χ0n) is 10.9. The fraction of sp³-hybridized carbons (Fsp3) is 0.357.